The Hall–Kier alpha value is -2.65. The molecule has 1 aromatic carbocycles. The van der Waals surface area contributed by atoms with E-state index in [1.54, 1.807) is 18.2 Å². The number of methoxy groups -OCH3 is 1. The zero-order chi connectivity index (χ0) is 21.8. The van der Waals surface area contributed by atoms with Crippen LogP contribution in [-0.2, 0) is 25.5 Å². The summed E-state index contributed by atoms with van der Waals surface area (Å²) in [7, 11) is 1.29. The highest BCUT2D eigenvalue weighted by Crippen LogP contribution is 2.13. The number of phenolic OH excluding ortho intramolecular Hbond substituents is 1. The van der Waals surface area contributed by atoms with Crippen LogP contribution in [0.3, 0.4) is 0 Å². The van der Waals surface area contributed by atoms with Crippen LogP contribution in [0.1, 0.15) is 32.3 Å². The Balaban J connectivity index is 2.94. The summed E-state index contributed by atoms with van der Waals surface area (Å²) in [5.41, 5.74) is 6.71. The van der Waals surface area contributed by atoms with Crippen molar-refractivity contribution in [2.24, 2.45) is 11.7 Å². The van der Waals surface area contributed by atoms with Crippen molar-refractivity contribution in [3.63, 3.8) is 0 Å². The van der Waals surface area contributed by atoms with E-state index in [-0.39, 0.29) is 17.6 Å². The zero-order valence-corrected chi connectivity index (χ0v) is 17.2. The number of carbonyl (C=O) groups is 3. The average molecular weight is 408 g/mol. The van der Waals surface area contributed by atoms with E-state index in [9.17, 15) is 19.5 Å². The van der Waals surface area contributed by atoms with Gasteiger partial charge in [0.15, 0.2) is 0 Å². The standard InChI is InChI=1S/C20H32N4O5/c1-13(2)18(21)19(27)24-17(11-14-6-4-7-15(26)10-14)23-16(20(28)29-3)8-5-9-22-12-25/h4,6-7,10,12-13,16-18,23,26H,5,8-9,11,21H2,1-3H3,(H,22,25)(H,24,27). The fraction of sp³-hybridized carbons (Fsp3) is 0.550. The van der Waals surface area contributed by atoms with Crippen LogP contribution in [0.15, 0.2) is 24.3 Å². The Morgan fingerprint density at radius 3 is 2.62 bits per heavy atom. The molecule has 0 heterocycles. The molecule has 3 atom stereocenters. The molecule has 3 unspecified atom stereocenters. The van der Waals surface area contributed by atoms with Gasteiger partial charge < -0.3 is 26.2 Å². The van der Waals surface area contributed by atoms with Crippen LogP contribution in [0.25, 0.3) is 0 Å². The van der Waals surface area contributed by atoms with Gasteiger partial charge in [0.05, 0.1) is 19.3 Å². The molecule has 0 bridgehead atoms. The first-order valence-electron chi connectivity index (χ1n) is 9.63. The molecule has 0 spiro atoms. The first-order valence-corrected chi connectivity index (χ1v) is 9.63. The van der Waals surface area contributed by atoms with Crippen LogP contribution in [-0.4, -0.2) is 55.3 Å². The minimum Gasteiger partial charge on any atom is -0.508 e. The molecule has 0 radical (unpaired) electrons. The van der Waals surface area contributed by atoms with Gasteiger partial charge in [0, 0.05) is 13.0 Å². The number of nitrogens with two attached hydrogens (primary N) is 1. The molecule has 9 nitrogen and oxygen atoms in total. The molecule has 2 amide bonds. The first-order chi connectivity index (χ1) is 13.8. The Bertz CT molecular complexity index is 668. The van der Waals surface area contributed by atoms with E-state index < -0.39 is 24.2 Å². The Morgan fingerprint density at radius 1 is 1.31 bits per heavy atom. The summed E-state index contributed by atoms with van der Waals surface area (Å²) < 4.78 is 4.86. The SMILES string of the molecule is COC(=O)C(CCCNC=O)NC(Cc1cccc(O)c1)NC(=O)C(N)C(C)C. The summed E-state index contributed by atoms with van der Waals surface area (Å²) >= 11 is 0. The van der Waals surface area contributed by atoms with Gasteiger partial charge in [-0.2, -0.15) is 0 Å². The Morgan fingerprint density at radius 2 is 2.03 bits per heavy atom. The number of hydrogen-bond acceptors (Lipinski definition) is 7. The molecule has 0 aromatic heterocycles. The van der Waals surface area contributed by atoms with E-state index in [4.69, 9.17) is 10.5 Å². The summed E-state index contributed by atoms with van der Waals surface area (Å²) in [6, 6.07) is 5.26. The van der Waals surface area contributed by atoms with Crippen molar-refractivity contribution in [1.82, 2.24) is 16.0 Å². The first kappa shape index (κ1) is 24.4. The number of amides is 2. The minimum absolute atomic E-state index is 0.0535. The van der Waals surface area contributed by atoms with Crippen LogP contribution >= 0.6 is 0 Å². The summed E-state index contributed by atoms with van der Waals surface area (Å²) in [5.74, 6) is -0.763. The molecule has 0 aliphatic rings. The topological polar surface area (TPSA) is 143 Å². The third-order valence-corrected chi connectivity index (χ3v) is 4.47. The second-order valence-corrected chi connectivity index (χ2v) is 7.16. The zero-order valence-electron chi connectivity index (χ0n) is 17.2. The molecule has 162 valence electrons. The largest absolute Gasteiger partial charge is 0.508 e. The maximum Gasteiger partial charge on any atom is 0.322 e. The average Bonchev–Trinajstić information content (AvgIpc) is 2.68. The maximum absolute atomic E-state index is 12.5. The van der Waals surface area contributed by atoms with Crippen molar-refractivity contribution < 1.29 is 24.2 Å². The van der Waals surface area contributed by atoms with Gasteiger partial charge in [0.1, 0.15) is 11.8 Å². The van der Waals surface area contributed by atoms with Gasteiger partial charge in [0.2, 0.25) is 12.3 Å². The van der Waals surface area contributed by atoms with Gasteiger partial charge in [-0.25, -0.2) is 0 Å². The summed E-state index contributed by atoms with van der Waals surface area (Å²) in [6.07, 6.45) is 1.25. The highest BCUT2D eigenvalue weighted by Gasteiger charge is 2.26. The predicted octanol–water partition coefficient (Wildman–Crippen LogP) is 0.0177. The van der Waals surface area contributed by atoms with Crippen molar-refractivity contribution in [2.75, 3.05) is 13.7 Å². The molecular weight excluding hydrogens is 376 g/mol. The van der Waals surface area contributed by atoms with E-state index in [0.29, 0.717) is 32.2 Å². The number of nitrogens with one attached hydrogen (secondary N) is 3. The van der Waals surface area contributed by atoms with Crippen molar-refractivity contribution in [1.29, 1.82) is 0 Å². The van der Waals surface area contributed by atoms with E-state index in [1.807, 2.05) is 19.9 Å². The van der Waals surface area contributed by atoms with Crippen LogP contribution < -0.4 is 21.7 Å². The highest BCUT2D eigenvalue weighted by molar-refractivity contribution is 5.82. The summed E-state index contributed by atoms with van der Waals surface area (Å²) in [5, 5.41) is 18.2. The highest BCUT2D eigenvalue weighted by atomic mass is 16.5. The summed E-state index contributed by atoms with van der Waals surface area (Å²) in [6.45, 7) is 4.11. The molecule has 0 aliphatic carbocycles. The van der Waals surface area contributed by atoms with Crippen LogP contribution in [0, 0.1) is 5.92 Å². The Labute approximate surface area is 171 Å². The van der Waals surface area contributed by atoms with Crippen molar-refractivity contribution in [3.8, 4) is 5.75 Å². The van der Waals surface area contributed by atoms with Gasteiger partial charge in [-0.1, -0.05) is 26.0 Å². The number of rotatable bonds is 13. The van der Waals surface area contributed by atoms with Gasteiger partial charge in [-0.15, -0.1) is 0 Å². The van der Waals surface area contributed by atoms with E-state index in [0.717, 1.165) is 5.56 Å². The molecule has 0 saturated heterocycles. The molecule has 6 N–H and O–H groups in total. The lowest BCUT2D eigenvalue weighted by Crippen LogP contribution is -2.57. The van der Waals surface area contributed by atoms with Crippen molar-refractivity contribution in [2.45, 2.75) is 51.4 Å². The Kier molecular flexibility index (Phi) is 10.7. The fourth-order valence-electron chi connectivity index (χ4n) is 2.76. The summed E-state index contributed by atoms with van der Waals surface area (Å²) in [4.78, 5) is 35.1. The van der Waals surface area contributed by atoms with Gasteiger partial charge >= 0.3 is 5.97 Å². The lowest BCUT2D eigenvalue weighted by molar-refractivity contribution is -0.144. The molecular formula is C20H32N4O5. The van der Waals surface area contributed by atoms with Crippen LogP contribution in [0.5, 0.6) is 5.75 Å². The molecule has 29 heavy (non-hydrogen) atoms. The lowest BCUT2D eigenvalue weighted by atomic mass is 10.0. The molecule has 0 fully saturated rings. The second kappa shape index (κ2) is 12.7. The number of hydrogen-bond donors (Lipinski definition) is 5. The number of carbonyl (C=O) groups excluding carboxylic acids is 3. The third-order valence-electron chi connectivity index (χ3n) is 4.47. The van der Waals surface area contributed by atoms with Crippen LogP contribution in [0.2, 0.25) is 0 Å². The molecule has 1 aromatic rings. The van der Waals surface area contributed by atoms with Gasteiger partial charge in [-0.3, -0.25) is 19.7 Å². The normalized spacial score (nSPS) is 14.0. The van der Waals surface area contributed by atoms with Crippen molar-refractivity contribution in [3.05, 3.63) is 29.8 Å². The molecule has 1 rings (SSSR count). The number of benzene rings is 1. The smallest absolute Gasteiger partial charge is 0.322 e. The van der Waals surface area contributed by atoms with Crippen LogP contribution in [0.4, 0.5) is 0 Å². The fourth-order valence-corrected chi connectivity index (χ4v) is 2.76. The predicted molar refractivity (Wildman–Crippen MR) is 109 cm³/mol. The minimum atomic E-state index is -0.697. The quantitative estimate of drug-likeness (QED) is 0.134. The van der Waals surface area contributed by atoms with Crippen molar-refractivity contribution >= 4 is 18.3 Å². The molecule has 9 heteroatoms. The third kappa shape index (κ3) is 8.93. The van der Waals surface area contributed by atoms with Gasteiger partial charge in [-0.05, 0) is 36.5 Å². The van der Waals surface area contributed by atoms with E-state index in [1.165, 1.54) is 7.11 Å². The molecule has 0 saturated carbocycles. The maximum atomic E-state index is 12.5. The van der Waals surface area contributed by atoms with E-state index in [2.05, 4.69) is 16.0 Å². The monoisotopic (exact) mass is 408 g/mol. The lowest BCUT2D eigenvalue weighted by Gasteiger charge is -2.27. The van der Waals surface area contributed by atoms with E-state index >= 15 is 0 Å². The number of phenols is 1. The number of ether oxygens (including phenoxy) is 1. The second-order valence-electron chi connectivity index (χ2n) is 7.16. The number of esters is 1. The number of aromatic hydroxyl groups is 1. The molecule has 0 aliphatic heterocycles. The van der Waals surface area contributed by atoms with Gasteiger partial charge in [0.25, 0.3) is 0 Å².